The van der Waals surface area contributed by atoms with Crippen LogP contribution in [0.25, 0.3) is 0 Å². The van der Waals surface area contributed by atoms with E-state index in [0.29, 0.717) is 19.1 Å². The molecule has 0 saturated heterocycles. The van der Waals surface area contributed by atoms with Gasteiger partial charge in [0.1, 0.15) is 11.8 Å². The minimum absolute atomic E-state index is 0.00973. The summed E-state index contributed by atoms with van der Waals surface area (Å²) in [4.78, 5) is 11.9. The molecule has 4 nitrogen and oxygen atoms in total. The number of rotatable bonds is 7. The van der Waals surface area contributed by atoms with E-state index in [4.69, 9.17) is 4.74 Å². The topological polar surface area (TPSA) is 50.4 Å². The van der Waals surface area contributed by atoms with E-state index in [9.17, 15) is 4.79 Å². The van der Waals surface area contributed by atoms with Crippen molar-refractivity contribution in [3.8, 4) is 5.75 Å². The van der Waals surface area contributed by atoms with Gasteiger partial charge in [-0.25, -0.2) is 0 Å². The lowest BCUT2D eigenvalue weighted by Crippen LogP contribution is -2.39. The Balaban J connectivity index is 2.53. The number of hydrogen-bond acceptors (Lipinski definition) is 3. The normalized spacial score (nSPS) is 12.1. The van der Waals surface area contributed by atoms with Gasteiger partial charge in [0.25, 0.3) is 0 Å². The first-order valence-corrected chi connectivity index (χ1v) is 6.80. The zero-order valence-corrected chi connectivity index (χ0v) is 12.2. The summed E-state index contributed by atoms with van der Waals surface area (Å²) in [7, 11) is 0. The summed E-state index contributed by atoms with van der Waals surface area (Å²) in [6.45, 7) is 9.27. The fourth-order valence-electron chi connectivity index (χ4n) is 1.62. The Hall–Kier alpha value is -1.71. The molecule has 0 spiro atoms. The molecule has 1 atom stereocenters. The maximum Gasteiger partial charge on any atom is 0.242 e. The van der Waals surface area contributed by atoms with Crippen LogP contribution in [0.5, 0.6) is 5.75 Å². The number of hydrogen-bond donors (Lipinski definition) is 2. The van der Waals surface area contributed by atoms with Crippen LogP contribution in [0.3, 0.4) is 0 Å². The van der Waals surface area contributed by atoms with Crippen LogP contribution in [0.4, 0.5) is 5.69 Å². The molecule has 1 amide bonds. The minimum Gasteiger partial charge on any atom is -0.494 e. The van der Waals surface area contributed by atoms with Crippen LogP contribution in [-0.2, 0) is 4.79 Å². The molecule has 1 rings (SSSR count). The number of amides is 1. The fraction of sp³-hybridized carbons (Fsp3) is 0.533. The van der Waals surface area contributed by atoms with Gasteiger partial charge in [-0.15, -0.1) is 0 Å². The molecule has 0 bridgehead atoms. The maximum atomic E-state index is 11.9. The second kappa shape index (κ2) is 7.67. The predicted molar refractivity (Wildman–Crippen MR) is 78.5 cm³/mol. The second-order valence-electron chi connectivity index (χ2n) is 4.97. The molecule has 0 aromatic heterocycles. The lowest BCUT2D eigenvalue weighted by Gasteiger charge is -2.16. The summed E-state index contributed by atoms with van der Waals surface area (Å²) in [5.41, 5.74) is 0.887. The molecule has 0 aliphatic heterocycles. The summed E-state index contributed by atoms with van der Waals surface area (Å²) < 4.78 is 5.43. The fourth-order valence-corrected chi connectivity index (χ4v) is 1.62. The third-order valence-electron chi connectivity index (χ3n) is 2.61. The molecule has 106 valence electrons. The Morgan fingerprint density at radius 1 is 1.32 bits per heavy atom. The van der Waals surface area contributed by atoms with Crippen LogP contribution in [0.1, 0.15) is 27.7 Å². The average Bonchev–Trinajstić information content (AvgIpc) is 2.36. The van der Waals surface area contributed by atoms with Crippen molar-refractivity contribution in [2.45, 2.75) is 33.7 Å². The Labute approximate surface area is 115 Å². The molecule has 2 N–H and O–H groups in total. The predicted octanol–water partition coefficient (Wildman–Crippen LogP) is 2.66. The Kier molecular flexibility index (Phi) is 6.19. The van der Waals surface area contributed by atoms with Gasteiger partial charge in [-0.05, 0) is 31.9 Å². The van der Waals surface area contributed by atoms with E-state index in [-0.39, 0.29) is 11.9 Å². The molecule has 1 unspecified atom stereocenters. The van der Waals surface area contributed by atoms with Gasteiger partial charge < -0.3 is 15.4 Å². The minimum atomic E-state index is -0.268. The molecule has 0 aliphatic rings. The second-order valence-corrected chi connectivity index (χ2v) is 4.97. The summed E-state index contributed by atoms with van der Waals surface area (Å²) >= 11 is 0. The van der Waals surface area contributed by atoms with Crippen molar-refractivity contribution in [1.82, 2.24) is 5.32 Å². The summed E-state index contributed by atoms with van der Waals surface area (Å²) in [5, 5.41) is 6.08. The van der Waals surface area contributed by atoms with Crippen LogP contribution < -0.4 is 15.4 Å². The average molecular weight is 264 g/mol. The van der Waals surface area contributed by atoms with Crippen LogP contribution in [0.2, 0.25) is 0 Å². The SMILES string of the molecule is CCOc1cccc(NC(C)C(=O)NCC(C)C)c1. The first-order chi connectivity index (χ1) is 9.02. The van der Waals surface area contributed by atoms with Crippen molar-refractivity contribution in [3.63, 3.8) is 0 Å². The van der Waals surface area contributed by atoms with E-state index < -0.39 is 0 Å². The van der Waals surface area contributed by atoms with Gasteiger partial charge in [-0.3, -0.25) is 4.79 Å². The van der Waals surface area contributed by atoms with Crippen molar-refractivity contribution in [2.24, 2.45) is 5.92 Å². The highest BCUT2D eigenvalue weighted by Gasteiger charge is 2.12. The lowest BCUT2D eigenvalue weighted by molar-refractivity contribution is -0.121. The van der Waals surface area contributed by atoms with Gasteiger partial charge in [0.05, 0.1) is 6.61 Å². The molecule has 1 aromatic carbocycles. The third-order valence-corrected chi connectivity index (χ3v) is 2.61. The van der Waals surface area contributed by atoms with Crippen LogP contribution >= 0.6 is 0 Å². The van der Waals surface area contributed by atoms with E-state index in [1.165, 1.54) is 0 Å². The highest BCUT2D eigenvalue weighted by atomic mass is 16.5. The van der Waals surface area contributed by atoms with Crippen LogP contribution in [0.15, 0.2) is 24.3 Å². The summed E-state index contributed by atoms with van der Waals surface area (Å²) in [6.07, 6.45) is 0. The molecule has 0 fully saturated rings. The van der Waals surface area contributed by atoms with E-state index in [1.807, 2.05) is 38.1 Å². The van der Waals surface area contributed by atoms with Crippen LogP contribution in [0, 0.1) is 5.92 Å². The summed E-state index contributed by atoms with van der Waals surface area (Å²) in [6, 6.07) is 7.37. The van der Waals surface area contributed by atoms with E-state index >= 15 is 0 Å². The standard InChI is InChI=1S/C15H24N2O2/c1-5-19-14-8-6-7-13(9-14)17-12(4)15(18)16-10-11(2)3/h6-9,11-12,17H,5,10H2,1-4H3,(H,16,18). The number of nitrogens with one attached hydrogen (secondary N) is 2. The first kappa shape index (κ1) is 15.3. The molecule has 19 heavy (non-hydrogen) atoms. The zero-order valence-electron chi connectivity index (χ0n) is 12.2. The van der Waals surface area contributed by atoms with Gasteiger partial charge >= 0.3 is 0 Å². The molecular formula is C15H24N2O2. The molecule has 0 aliphatic carbocycles. The number of carbonyl (C=O) groups is 1. The first-order valence-electron chi connectivity index (χ1n) is 6.80. The maximum absolute atomic E-state index is 11.9. The molecule has 1 aromatic rings. The quantitative estimate of drug-likeness (QED) is 0.796. The number of carbonyl (C=O) groups excluding carboxylic acids is 1. The van der Waals surface area contributed by atoms with Gasteiger partial charge in [0.15, 0.2) is 0 Å². The van der Waals surface area contributed by atoms with Crippen molar-refractivity contribution in [3.05, 3.63) is 24.3 Å². The van der Waals surface area contributed by atoms with E-state index in [2.05, 4.69) is 24.5 Å². The number of anilines is 1. The third kappa shape index (κ3) is 5.64. The van der Waals surface area contributed by atoms with Gasteiger partial charge in [-0.1, -0.05) is 19.9 Å². The molecule has 0 saturated carbocycles. The van der Waals surface area contributed by atoms with E-state index in [0.717, 1.165) is 11.4 Å². The zero-order chi connectivity index (χ0) is 14.3. The Morgan fingerprint density at radius 3 is 2.68 bits per heavy atom. The van der Waals surface area contributed by atoms with Crippen molar-refractivity contribution in [2.75, 3.05) is 18.5 Å². The highest BCUT2D eigenvalue weighted by Crippen LogP contribution is 2.17. The van der Waals surface area contributed by atoms with E-state index in [1.54, 1.807) is 0 Å². The number of benzene rings is 1. The van der Waals surface area contributed by atoms with Gasteiger partial charge in [0, 0.05) is 18.3 Å². The van der Waals surface area contributed by atoms with Gasteiger partial charge in [0.2, 0.25) is 5.91 Å². The molecule has 0 radical (unpaired) electrons. The Bertz CT molecular complexity index is 405. The van der Waals surface area contributed by atoms with Crippen LogP contribution in [-0.4, -0.2) is 25.1 Å². The van der Waals surface area contributed by atoms with Crippen molar-refractivity contribution < 1.29 is 9.53 Å². The summed E-state index contributed by atoms with van der Waals surface area (Å²) in [5.74, 6) is 1.27. The highest BCUT2D eigenvalue weighted by molar-refractivity contribution is 5.84. The van der Waals surface area contributed by atoms with Crippen molar-refractivity contribution >= 4 is 11.6 Å². The van der Waals surface area contributed by atoms with Crippen molar-refractivity contribution in [1.29, 1.82) is 0 Å². The Morgan fingerprint density at radius 2 is 2.05 bits per heavy atom. The molecule has 0 heterocycles. The monoisotopic (exact) mass is 264 g/mol. The number of ether oxygens (including phenoxy) is 1. The largest absolute Gasteiger partial charge is 0.494 e. The lowest BCUT2D eigenvalue weighted by atomic mass is 10.2. The molecule has 4 heteroatoms. The van der Waals surface area contributed by atoms with Gasteiger partial charge in [-0.2, -0.15) is 0 Å². The smallest absolute Gasteiger partial charge is 0.242 e. The molecular weight excluding hydrogens is 240 g/mol.